The van der Waals surface area contributed by atoms with Gasteiger partial charge in [-0.05, 0) is 18.8 Å². The van der Waals surface area contributed by atoms with Crippen LogP contribution in [-0.4, -0.2) is 12.6 Å². The van der Waals surface area contributed by atoms with Gasteiger partial charge in [-0.25, -0.2) is 4.79 Å². The number of rotatable bonds is 7. The van der Waals surface area contributed by atoms with Crippen molar-refractivity contribution in [2.45, 2.75) is 46.5 Å². The van der Waals surface area contributed by atoms with Crippen molar-refractivity contribution in [2.24, 2.45) is 5.92 Å². The molecule has 0 saturated heterocycles. The maximum absolute atomic E-state index is 10.9. The molecule has 0 aliphatic rings. The lowest BCUT2D eigenvalue weighted by atomic mass is 10.1. The van der Waals surface area contributed by atoms with Gasteiger partial charge in [0, 0.05) is 6.42 Å². The molecule has 0 N–H and O–H groups in total. The van der Waals surface area contributed by atoms with Gasteiger partial charge in [0.25, 0.3) is 0 Å². The van der Waals surface area contributed by atoms with Crippen LogP contribution < -0.4 is 0 Å². The SMILES string of the molecule is CCCCC(=O)OOCCC(C)C. The Hall–Kier alpha value is -0.570. The molecule has 0 unspecified atom stereocenters. The number of unbranched alkanes of at least 4 members (excludes halogenated alkanes) is 1. The molecule has 0 rings (SSSR count). The largest absolute Gasteiger partial charge is 0.342 e. The Bertz CT molecular complexity index is 132. The van der Waals surface area contributed by atoms with Crippen molar-refractivity contribution in [2.75, 3.05) is 6.61 Å². The van der Waals surface area contributed by atoms with Crippen LogP contribution in [0.25, 0.3) is 0 Å². The van der Waals surface area contributed by atoms with E-state index in [0.717, 1.165) is 19.3 Å². The highest BCUT2D eigenvalue weighted by molar-refractivity contribution is 5.68. The number of carbonyl (C=O) groups is 1. The van der Waals surface area contributed by atoms with Crippen molar-refractivity contribution in [3.8, 4) is 0 Å². The second kappa shape index (κ2) is 8.05. The topological polar surface area (TPSA) is 35.5 Å². The number of hydrogen-bond acceptors (Lipinski definition) is 3. The molecule has 3 heteroatoms. The second-order valence-corrected chi connectivity index (χ2v) is 3.56. The van der Waals surface area contributed by atoms with E-state index >= 15 is 0 Å². The van der Waals surface area contributed by atoms with Gasteiger partial charge < -0.3 is 0 Å². The molecule has 0 aliphatic carbocycles. The van der Waals surface area contributed by atoms with E-state index < -0.39 is 0 Å². The first kappa shape index (κ1) is 12.4. The third-order valence-corrected chi connectivity index (χ3v) is 1.66. The molecular formula is C10H20O3. The summed E-state index contributed by atoms with van der Waals surface area (Å²) in [6, 6.07) is 0. The highest BCUT2D eigenvalue weighted by Gasteiger charge is 2.02. The van der Waals surface area contributed by atoms with E-state index in [1.165, 1.54) is 0 Å². The van der Waals surface area contributed by atoms with E-state index in [1.807, 2.05) is 6.92 Å². The van der Waals surface area contributed by atoms with Gasteiger partial charge in [-0.3, -0.25) is 4.89 Å². The highest BCUT2D eigenvalue weighted by atomic mass is 17.2. The van der Waals surface area contributed by atoms with E-state index in [9.17, 15) is 4.79 Å². The third kappa shape index (κ3) is 9.34. The summed E-state index contributed by atoms with van der Waals surface area (Å²) in [6.45, 7) is 6.73. The van der Waals surface area contributed by atoms with Crippen molar-refractivity contribution >= 4 is 5.97 Å². The fraction of sp³-hybridized carbons (Fsp3) is 0.900. The van der Waals surface area contributed by atoms with Crippen molar-refractivity contribution in [1.29, 1.82) is 0 Å². The van der Waals surface area contributed by atoms with Crippen molar-refractivity contribution in [1.82, 2.24) is 0 Å². The van der Waals surface area contributed by atoms with Crippen LogP contribution in [0.4, 0.5) is 0 Å². The molecule has 0 fully saturated rings. The standard InChI is InChI=1S/C10H20O3/c1-4-5-6-10(11)13-12-8-7-9(2)3/h9H,4-8H2,1-3H3. The molecule has 0 aromatic carbocycles. The Morgan fingerprint density at radius 1 is 1.38 bits per heavy atom. The van der Waals surface area contributed by atoms with Crippen LogP contribution in [0.15, 0.2) is 0 Å². The van der Waals surface area contributed by atoms with E-state index in [4.69, 9.17) is 4.89 Å². The lowest BCUT2D eigenvalue weighted by Crippen LogP contribution is -2.07. The van der Waals surface area contributed by atoms with Crippen molar-refractivity contribution in [3.63, 3.8) is 0 Å². The smallest absolute Gasteiger partial charge is 0.298 e. The first-order chi connectivity index (χ1) is 6.16. The Labute approximate surface area is 80.3 Å². The molecule has 0 aliphatic heterocycles. The van der Waals surface area contributed by atoms with Crippen LogP contribution in [0.5, 0.6) is 0 Å². The molecule has 0 radical (unpaired) electrons. The first-order valence-electron chi connectivity index (χ1n) is 4.99. The summed E-state index contributed by atoms with van der Waals surface area (Å²) in [4.78, 5) is 20.2. The van der Waals surface area contributed by atoms with E-state index in [0.29, 0.717) is 18.9 Å². The van der Waals surface area contributed by atoms with Gasteiger partial charge in [-0.15, -0.1) is 0 Å². The van der Waals surface area contributed by atoms with Gasteiger partial charge >= 0.3 is 5.97 Å². The van der Waals surface area contributed by atoms with Gasteiger partial charge in [0.1, 0.15) is 0 Å². The van der Waals surface area contributed by atoms with Crippen LogP contribution in [0.2, 0.25) is 0 Å². The van der Waals surface area contributed by atoms with Crippen molar-refractivity contribution in [3.05, 3.63) is 0 Å². The van der Waals surface area contributed by atoms with Gasteiger partial charge in [0.05, 0.1) is 6.61 Å². The zero-order valence-corrected chi connectivity index (χ0v) is 8.84. The number of carbonyl (C=O) groups excluding carboxylic acids is 1. The molecule has 0 saturated carbocycles. The molecule has 0 atom stereocenters. The molecule has 0 aromatic rings. The Kier molecular flexibility index (Phi) is 7.69. The van der Waals surface area contributed by atoms with Crippen LogP contribution in [0, 0.1) is 5.92 Å². The van der Waals surface area contributed by atoms with E-state index in [2.05, 4.69) is 18.7 Å². The summed E-state index contributed by atoms with van der Waals surface area (Å²) in [6.07, 6.45) is 3.24. The van der Waals surface area contributed by atoms with Crippen LogP contribution >= 0.6 is 0 Å². The minimum atomic E-state index is -0.259. The van der Waals surface area contributed by atoms with Crippen LogP contribution in [0.3, 0.4) is 0 Å². The summed E-state index contributed by atoms with van der Waals surface area (Å²) in [7, 11) is 0. The maximum atomic E-state index is 10.9. The lowest BCUT2D eigenvalue weighted by molar-refractivity contribution is -0.273. The predicted molar refractivity (Wildman–Crippen MR) is 51.0 cm³/mol. The highest BCUT2D eigenvalue weighted by Crippen LogP contribution is 2.01. The molecular weight excluding hydrogens is 168 g/mol. The Morgan fingerprint density at radius 3 is 2.62 bits per heavy atom. The Balaban J connectivity index is 3.17. The first-order valence-corrected chi connectivity index (χ1v) is 4.99. The average Bonchev–Trinajstić information content (AvgIpc) is 2.08. The summed E-state index contributed by atoms with van der Waals surface area (Å²) in [5.74, 6) is 0.319. The molecule has 13 heavy (non-hydrogen) atoms. The molecule has 0 amide bonds. The average molecular weight is 188 g/mol. The van der Waals surface area contributed by atoms with Gasteiger partial charge in [0.2, 0.25) is 0 Å². The summed E-state index contributed by atoms with van der Waals surface area (Å²) in [5.41, 5.74) is 0. The fourth-order valence-corrected chi connectivity index (χ4v) is 0.754. The quantitative estimate of drug-likeness (QED) is 0.350. The summed E-state index contributed by atoms with van der Waals surface area (Å²) < 4.78 is 0. The lowest BCUT2D eigenvalue weighted by Gasteiger charge is -2.04. The summed E-state index contributed by atoms with van der Waals surface area (Å²) >= 11 is 0. The molecule has 0 aromatic heterocycles. The zero-order chi connectivity index (χ0) is 10.1. The second-order valence-electron chi connectivity index (χ2n) is 3.56. The van der Waals surface area contributed by atoms with Gasteiger partial charge in [-0.1, -0.05) is 27.2 Å². The molecule has 3 nitrogen and oxygen atoms in total. The monoisotopic (exact) mass is 188 g/mol. The predicted octanol–water partition coefficient (Wildman–Crippen LogP) is 2.70. The Morgan fingerprint density at radius 2 is 2.08 bits per heavy atom. The molecule has 78 valence electrons. The summed E-state index contributed by atoms with van der Waals surface area (Å²) in [5, 5.41) is 0. The van der Waals surface area contributed by atoms with E-state index in [-0.39, 0.29) is 5.97 Å². The molecule has 0 bridgehead atoms. The number of hydrogen-bond donors (Lipinski definition) is 0. The van der Waals surface area contributed by atoms with Crippen LogP contribution in [0.1, 0.15) is 46.5 Å². The maximum Gasteiger partial charge on any atom is 0.342 e. The minimum Gasteiger partial charge on any atom is -0.298 e. The molecule has 0 spiro atoms. The normalized spacial score (nSPS) is 10.5. The van der Waals surface area contributed by atoms with Crippen molar-refractivity contribution < 1.29 is 14.6 Å². The minimum absolute atomic E-state index is 0.259. The van der Waals surface area contributed by atoms with Crippen LogP contribution in [-0.2, 0) is 14.6 Å². The fourth-order valence-electron chi connectivity index (χ4n) is 0.754. The van der Waals surface area contributed by atoms with E-state index in [1.54, 1.807) is 0 Å². The van der Waals surface area contributed by atoms with Gasteiger partial charge in [0.15, 0.2) is 0 Å². The third-order valence-electron chi connectivity index (χ3n) is 1.66. The van der Waals surface area contributed by atoms with Gasteiger partial charge in [-0.2, -0.15) is 4.89 Å². The zero-order valence-electron chi connectivity index (χ0n) is 8.84. The molecule has 0 heterocycles.